The minimum atomic E-state index is -0.403. The molecule has 2 aromatic heterocycles. The molecule has 0 unspecified atom stereocenters. The van der Waals surface area contributed by atoms with Gasteiger partial charge in [0.25, 0.3) is 5.91 Å². The second kappa shape index (κ2) is 10.8. The SMILES string of the molecule is Cc1cncc2c(-c3ccc(F)cc3C(=O)N3CCOC[C@H]3C)cc(CC3CN(CC4CCNCC4)C3)n12. The van der Waals surface area contributed by atoms with Crippen LogP contribution in [-0.2, 0) is 11.2 Å². The van der Waals surface area contributed by atoms with Crippen LogP contribution < -0.4 is 5.32 Å². The molecule has 3 aliphatic heterocycles. The maximum absolute atomic E-state index is 14.5. The highest BCUT2D eigenvalue weighted by Crippen LogP contribution is 2.35. The van der Waals surface area contributed by atoms with Gasteiger partial charge in [-0.15, -0.1) is 0 Å². The molecule has 7 nitrogen and oxygen atoms in total. The molecule has 6 rings (SSSR count). The van der Waals surface area contributed by atoms with E-state index < -0.39 is 5.82 Å². The molecular weight excluding hydrogens is 481 g/mol. The van der Waals surface area contributed by atoms with E-state index in [2.05, 4.69) is 32.6 Å². The number of rotatable bonds is 6. The summed E-state index contributed by atoms with van der Waals surface area (Å²) in [6.07, 6.45) is 7.28. The Hall–Kier alpha value is -2.81. The first-order chi connectivity index (χ1) is 18.5. The topological polar surface area (TPSA) is 62.1 Å². The molecule has 3 fully saturated rings. The van der Waals surface area contributed by atoms with Crippen LogP contribution in [0, 0.1) is 24.6 Å². The summed E-state index contributed by atoms with van der Waals surface area (Å²) in [5, 5.41) is 3.46. The molecule has 3 aliphatic rings. The number of fused-ring (bicyclic) bond motifs is 1. The van der Waals surface area contributed by atoms with Crippen molar-refractivity contribution in [3.8, 4) is 11.1 Å². The van der Waals surface area contributed by atoms with Crippen LogP contribution in [0.2, 0.25) is 0 Å². The minimum Gasteiger partial charge on any atom is -0.377 e. The van der Waals surface area contributed by atoms with Crippen molar-refractivity contribution in [2.45, 2.75) is 39.2 Å². The Morgan fingerprint density at radius 2 is 1.95 bits per heavy atom. The number of carbonyl (C=O) groups excluding carboxylic acids is 1. The summed E-state index contributed by atoms with van der Waals surface area (Å²) in [4.78, 5) is 22.6. The Kier molecular flexibility index (Phi) is 7.20. The number of aryl methyl sites for hydroxylation is 1. The molecule has 0 bridgehead atoms. The van der Waals surface area contributed by atoms with E-state index in [0.717, 1.165) is 60.9 Å². The van der Waals surface area contributed by atoms with Gasteiger partial charge in [-0.1, -0.05) is 6.07 Å². The summed E-state index contributed by atoms with van der Waals surface area (Å²) in [6, 6.07) is 6.73. The van der Waals surface area contributed by atoms with Crippen LogP contribution in [0.25, 0.3) is 16.6 Å². The molecule has 8 heteroatoms. The monoisotopic (exact) mass is 519 g/mol. The first-order valence-electron chi connectivity index (χ1n) is 14.0. The summed E-state index contributed by atoms with van der Waals surface area (Å²) in [6.45, 7) is 11.3. The fourth-order valence-electron chi connectivity index (χ4n) is 6.56. The van der Waals surface area contributed by atoms with E-state index in [4.69, 9.17) is 4.74 Å². The molecule has 5 heterocycles. The zero-order valence-electron chi connectivity index (χ0n) is 22.5. The molecule has 1 atom stereocenters. The second-order valence-corrected chi connectivity index (χ2v) is 11.4. The molecule has 1 N–H and O–H groups in total. The van der Waals surface area contributed by atoms with E-state index in [1.807, 2.05) is 19.3 Å². The normalized spacial score (nSPS) is 21.7. The lowest BCUT2D eigenvalue weighted by atomic mass is 9.90. The maximum Gasteiger partial charge on any atom is 0.254 e. The number of carbonyl (C=O) groups is 1. The summed E-state index contributed by atoms with van der Waals surface area (Å²) in [7, 11) is 0. The Labute approximate surface area is 224 Å². The predicted molar refractivity (Wildman–Crippen MR) is 146 cm³/mol. The van der Waals surface area contributed by atoms with Crippen molar-refractivity contribution in [3.05, 3.63) is 59.4 Å². The molecule has 0 saturated carbocycles. The van der Waals surface area contributed by atoms with Crippen molar-refractivity contribution in [3.63, 3.8) is 0 Å². The minimum absolute atomic E-state index is 0.0518. The molecule has 0 spiro atoms. The smallest absolute Gasteiger partial charge is 0.254 e. The zero-order chi connectivity index (χ0) is 26.2. The summed E-state index contributed by atoms with van der Waals surface area (Å²) in [5.41, 5.74) is 5.34. The van der Waals surface area contributed by atoms with Gasteiger partial charge in [0.1, 0.15) is 5.82 Å². The van der Waals surface area contributed by atoms with Gasteiger partial charge in [-0.25, -0.2) is 4.39 Å². The number of ether oxygens (including phenoxy) is 1. The van der Waals surface area contributed by atoms with Crippen molar-refractivity contribution in [2.75, 3.05) is 52.5 Å². The Bertz CT molecular complexity index is 1310. The number of hydrogen-bond acceptors (Lipinski definition) is 5. The van der Waals surface area contributed by atoms with Gasteiger partial charge < -0.3 is 24.3 Å². The number of nitrogens with zero attached hydrogens (tertiary/aromatic N) is 4. The van der Waals surface area contributed by atoms with E-state index >= 15 is 0 Å². The van der Waals surface area contributed by atoms with E-state index in [9.17, 15) is 9.18 Å². The predicted octanol–water partition coefficient (Wildman–Crippen LogP) is 3.78. The average molecular weight is 520 g/mol. The molecule has 38 heavy (non-hydrogen) atoms. The quantitative estimate of drug-likeness (QED) is 0.537. The molecule has 202 valence electrons. The summed E-state index contributed by atoms with van der Waals surface area (Å²) >= 11 is 0. The fraction of sp³-hybridized carbons (Fsp3) is 0.533. The Morgan fingerprint density at radius 3 is 2.74 bits per heavy atom. The first kappa shape index (κ1) is 25.5. The lowest BCUT2D eigenvalue weighted by Crippen LogP contribution is -2.50. The highest BCUT2D eigenvalue weighted by atomic mass is 19.1. The zero-order valence-corrected chi connectivity index (χ0v) is 22.5. The van der Waals surface area contributed by atoms with Crippen LogP contribution in [0.5, 0.6) is 0 Å². The van der Waals surface area contributed by atoms with Gasteiger partial charge in [0.05, 0.1) is 36.5 Å². The number of likely N-dealkylation sites (tertiary alicyclic amines) is 1. The molecule has 3 saturated heterocycles. The summed E-state index contributed by atoms with van der Waals surface area (Å²) < 4.78 is 22.3. The molecule has 0 radical (unpaired) electrons. The highest BCUT2D eigenvalue weighted by Gasteiger charge is 2.31. The third kappa shape index (κ3) is 4.97. The summed E-state index contributed by atoms with van der Waals surface area (Å²) in [5.74, 6) is 0.873. The van der Waals surface area contributed by atoms with E-state index in [1.54, 1.807) is 11.0 Å². The number of aromatic nitrogens is 2. The number of hydrogen-bond donors (Lipinski definition) is 1. The van der Waals surface area contributed by atoms with Crippen molar-refractivity contribution in [1.29, 1.82) is 0 Å². The number of halogens is 1. The third-order valence-corrected chi connectivity index (χ3v) is 8.56. The van der Waals surface area contributed by atoms with Crippen molar-refractivity contribution in [1.82, 2.24) is 24.5 Å². The first-order valence-corrected chi connectivity index (χ1v) is 14.0. The lowest BCUT2D eigenvalue weighted by Gasteiger charge is -2.42. The van der Waals surface area contributed by atoms with Crippen LogP contribution in [0.4, 0.5) is 4.39 Å². The molecule has 1 amide bonds. The van der Waals surface area contributed by atoms with Crippen LogP contribution in [0.15, 0.2) is 36.7 Å². The van der Waals surface area contributed by atoms with E-state index in [1.165, 1.54) is 37.2 Å². The molecular formula is C30H38FN5O2. The van der Waals surface area contributed by atoms with Gasteiger partial charge in [0.15, 0.2) is 0 Å². The van der Waals surface area contributed by atoms with Gasteiger partial charge in [-0.2, -0.15) is 0 Å². The van der Waals surface area contributed by atoms with Crippen molar-refractivity contribution in [2.24, 2.45) is 11.8 Å². The molecule has 1 aromatic carbocycles. The highest BCUT2D eigenvalue weighted by molar-refractivity contribution is 6.03. The lowest BCUT2D eigenvalue weighted by molar-refractivity contribution is 0.00361. The van der Waals surface area contributed by atoms with E-state index in [0.29, 0.717) is 31.2 Å². The largest absolute Gasteiger partial charge is 0.377 e. The standard InChI is InChI=1S/C30H38FN5O2/c1-20-14-33-15-29-27(26-4-3-24(31)12-28(26)30(37)35-9-10-38-19-21(35)2)13-25(36(20)29)11-23-17-34(18-23)16-22-5-7-32-8-6-22/h3-4,12-15,21-23,32H,5-11,16-19H2,1-2H3/t21-/m1/s1. The van der Waals surface area contributed by atoms with Crippen LogP contribution >= 0.6 is 0 Å². The van der Waals surface area contributed by atoms with Crippen LogP contribution in [0.1, 0.15) is 41.5 Å². The molecule has 0 aliphatic carbocycles. The number of benzene rings is 1. The average Bonchev–Trinajstić information content (AvgIpc) is 3.27. The van der Waals surface area contributed by atoms with E-state index in [-0.39, 0.29) is 11.9 Å². The van der Waals surface area contributed by atoms with Crippen LogP contribution in [0.3, 0.4) is 0 Å². The van der Waals surface area contributed by atoms with Gasteiger partial charge in [-0.3, -0.25) is 9.78 Å². The van der Waals surface area contributed by atoms with Gasteiger partial charge in [0, 0.05) is 49.3 Å². The fourth-order valence-corrected chi connectivity index (χ4v) is 6.56. The third-order valence-electron chi connectivity index (χ3n) is 8.56. The number of piperidine rings is 1. The van der Waals surface area contributed by atoms with Gasteiger partial charge in [0.2, 0.25) is 0 Å². The van der Waals surface area contributed by atoms with Crippen LogP contribution in [-0.4, -0.2) is 83.6 Å². The number of amides is 1. The van der Waals surface area contributed by atoms with Gasteiger partial charge in [-0.05, 0) is 81.8 Å². The Morgan fingerprint density at radius 1 is 1.13 bits per heavy atom. The second-order valence-electron chi connectivity index (χ2n) is 11.4. The van der Waals surface area contributed by atoms with Gasteiger partial charge >= 0.3 is 0 Å². The Balaban J connectivity index is 1.28. The van der Waals surface area contributed by atoms with Crippen molar-refractivity contribution < 1.29 is 13.9 Å². The maximum atomic E-state index is 14.5. The molecule has 3 aromatic rings. The number of morpholine rings is 1. The van der Waals surface area contributed by atoms with Crippen molar-refractivity contribution >= 4 is 11.4 Å². The number of nitrogens with one attached hydrogen (secondary N) is 1.